The molecule has 0 saturated heterocycles. The molecule has 2 heterocycles. The predicted molar refractivity (Wildman–Crippen MR) is 69.5 cm³/mol. The summed E-state index contributed by atoms with van der Waals surface area (Å²) < 4.78 is 5.43. The van der Waals surface area contributed by atoms with Gasteiger partial charge in [-0.05, 0) is 13.0 Å². The molecule has 0 aromatic carbocycles. The molecule has 0 bridgehead atoms. The van der Waals surface area contributed by atoms with E-state index in [0.717, 1.165) is 0 Å². The average Bonchev–Trinajstić information content (AvgIpc) is 2.77. The van der Waals surface area contributed by atoms with Crippen LogP contribution in [0, 0.1) is 6.92 Å². The van der Waals surface area contributed by atoms with Crippen molar-refractivity contribution in [3.63, 3.8) is 0 Å². The van der Waals surface area contributed by atoms with Gasteiger partial charge in [-0.3, -0.25) is 15.0 Å². The van der Waals surface area contributed by atoms with E-state index in [4.69, 9.17) is 10.3 Å². The van der Waals surface area contributed by atoms with Gasteiger partial charge in [0.1, 0.15) is 11.5 Å². The van der Waals surface area contributed by atoms with Crippen LogP contribution in [0.25, 0.3) is 0 Å². The number of nitrogen functional groups attached to an aromatic ring is 1. The first kappa shape index (κ1) is 13.4. The summed E-state index contributed by atoms with van der Waals surface area (Å²) in [6, 6.07) is 2.95. The van der Waals surface area contributed by atoms with Gasteiger partial charge >= 0.3 is 0 Å². The number of rotatable bonds is 4. The molecule has 0 fully saturated rings. The monoisotopic (exact) mass is 280 g/mol. The van der Waals surface area contributed by atoms with E-state index in [1.807, 2.05) is 0 Å². The van der Waals surface area contributed by atoms with Crippen LogP contribution in [0.4, 0.5) is 0 Å². The molecule has 0 atom stereocenters. The van der Waals surface area contributed by atoms with Gasteiger partial charge in [-0.2, -0.15) is 0 Å². The number of nitrogens with two attached hydrogens (primary N) is 1. The molecule has 0 aliphatic heterocycles. The van der Waals surface area contributed by atoms with Gasteiger partial charge < -0.3 is 9.40 Å². The number of hydrogen-bond donors (Lipinski definition) is 3. The summed E-state index contributed by atoms with van der Waals surface area (Å²) in [5, 5.41) is 0.492. The highest BCUT2D eigenvalue weighted by atomic mass is 32.2. The number of furan rings is 1. The van der Waals surface area contributed by atoms with Gasteiger partial charge in [-0.25, -0.2) is 10.8 Å². The zero-order chi connectivity index (χ0) is 13.8. The average molecular weight is 280 g/mol. The third-order valence-electron chi connectivity index (χ3n) is 2.34. The maximum absolute atomic E-state index is 11.4. The Bertz CT molecular complexity index is 649. The largest absolute Gasteiger partial charge is 0.465 e. The molecule has 2 rings (SSSR count). The Morgan fingerprint density at radius 2 is 2.42 bits per heavy atom. The lowest BCUT2D eigenvalue weighted by atomic mass is 10.2. The Morgan fingerprint density at radius 3 is 3.11 bits per heavy atom. The highest BCUT2D eigenvalue weighted by Crippen LogP contribution is 2.22. The van der Waals surface area contributed by atoms with Crippen LogP contribution in [0.1, 0.15) is 21.9 Å². The standard InChI is InChI=1S/C11H12N4O3S/c1-6-8(10(17)15-12)4-7(18-6)5-19-11-13-3-2-9(16)14-11/h2-4H,5,12H2,1H3,(H,15,17)(H,13,14,16). The van der Waals surface area contributed by atoms with Crippen molar-refractivity contribution >= 4 is 17.7 Å². The summed E-state index contributed by atoms with van der Waals surface area (Å²) in [5.74, 6) is 6.22. The molecule has 0 saturated carbocycles. The number of carbonyl (C=O) groups is 1. The number of hydrogen-bond acceptors (Lipinski definition) is 6. The molecule has 8 heteroatoms. The van der Waals surface area contributed by atoms with E-state index in [9.17, 15) is 9.59 Å². The molecule has 4 N–H and O–H groups in total. The van der Waals surface area contributed by atoms with Crippen molar-refractivity contribution in [2.75, 3.05) is 0 Å². The predicted octanol–water partition coefficient (Wildman–Crippen LogP) is 0.567. The Morgan fingerprint density at radius 1 is 1.63 bits per heavy atom. The second-order valence-electron chi connectivity index (χ2n) is 3.68. The zero-order valence-corrected chi connectivity index (χ0v) is 10.9. The van der Waals surface area contributed by atoms with Crippen LogP contribution in [-0.2, 0) is 5.75 Å². The van der Waals surface area contributed by atoms with Crippen LogP contribution in [0.5, 0.6) is 0 Å². The number of amides is 1. The van der Waals surface area contributed by atoms with Crippen molar-refractivity contribution in [2.45, 2.75) is 17.8 Å². The van der Waals surface area contributed by atoms with Crippen molar-refractivity contribution in [3.05, 3.63) is 45.8 Å². The van der Waals surface area contributed by atoms with Gasteiger partial charge in [-0.15, -0.1) is 0 Å². The number of thioether (sulfide) groups is 1. The fourth-order valence-corrected chi connectivity index (χ4v) is 2.21. The smallest absolute Gasteiger partial charge is 0.268 e. The molecular formula is C11H12N4O3S. The van der Waals surface area contributed by atoms with E-state index in [1.54, 1.807) is 13.0 Å². The minimum atomic E-state index is -0.399. The molecule has 0 aliphatic rings. The first-order valence-corrected chi connectivity index (χ1v) is 6.37. The molecule has 0 spiro atoms. The van der Waals surface area contributed by atoms with E-state index in [2.05, 4.69) is 15.4 Å². The Kier molecular flexibility index (Phi) is 4.03. The first-order chi connectivity index (χ1) is 9.10. The maximum atomic E-state index is 11.4. The lowest BCUT2D eigenvalue weighted by Crippen LogP contribution is -2.30. The van der Waals surface area contributed by atoms with Gasteiger partial charge in [0, 0.05) is 12.3 Å². The van der Waals surface area contributed by atoms with E-state index >= 15 is 0 Å². The van der Waals surface area contributed by atoms with Gasteiger partial charge in [-0.1, -0.05) is 11.8 Å². The number of hydrazine groups is 1. The van der Waals surface area contributed by atoms with Gasteiger partial charge in [0.05, 0.1) is 11.3 Å². The van der Waals surface area contributed by atoms with Crippen LogP contribution in [0.3, 0.4) is 0 Å². The molecule has 2 aromatic rings. The lowest BCUT2D eigenvalue weighted by Gasteiger charge is -1.96. The number of carbonyl (C=O) groups excluding carboxylic acids is 1. The summed E-state index contributed by atoms with van der Waals surface area (Å²) in [6.45, 7) is 1.68. The second-order valence-corrected chi connectivity index (χ2v) is 4.65. The first-order valence-electron chi connectivity index (χ1n) is 5.38. The SMILES string of the molecule is Cc1oc(CSc2nccc(=O)[nH]2)cc1C(=O)NN. The van der Waals surface area contributed by atoms with Crippen molar-refractivity contribution < 1.29 is 9.21 Å². The fourth-order valence-electron chi connectivity index (χ4n) is 1.48. The quantitative estimate of drug-likeness (QED) is 0.248. The van der Waals surface area contributed by atoms with Crippen LogP contribution >= 0.6 is 11.8 Å². The highest BCUT2D eigenvalue weighted by Gasteiger charge is 2.14. The second kappa shape index (κ2) is 5.72. The molecule has 0 unspecified atom stereocenters. The Hall–Kier alpha value is -2.06. The van der Waals surface area contributed by atoms with Crippen LogP contribution in [0.2, 0.25) is 0 Å². The van der Waals surface area contributed by atoms with Crippen LogP contribution < -0.4 is 16.8 Å². The molecule has 2 aromatic heterocycles. The van der Waals surface area contributed by atoms with E-state index in [-0.39, 0.29) is 5.56 Å². The molecule has 0 radical (unpaired) electrons. The molecule has 7 nitrogen and oxygen atoms in total. The van der Waals surface area contributed by atoms with Gasteiger partial charge in [0.25, 0.3) is 11.5 Å². The Balaban J connectivity index is 2.08. The van der Waals surface area contributed by atoms with E-state index < -0.39 is 5.91 Å². The van der Waals surface area contributed by atoms with E-state index in [1.165, 1.54) is 24.0 Å². The molecule has 1 amide bonds. The minimum Gasteiger partial charge on any atom is -0.465 e. The number of aromatic amines is 1. The number of H-pyrrole nitrogens is 1. The minimum absolute atomic E-state index is 0.212. The van der Waals surface area contributed by atoms with Gasteiger partial charge in [0.2, 0.25) is 0 Å². The summed E-state index contributed by atoms with van der Waals surface area (Å²) in [4.78, 5) is 29.1. The van der Waals surface area contributed by atoms with Crippen molar-refractivity contribution in [3.8, 4) is 0 Å². The summed E-state index contributed by atoms with van der Waals surface area (Å²) >= 11 is 1.31. The summed E-state index contributed by atoms with van der Waals surface area (Å²) in [6.07, 6.45) is 1.43. The molecular weight excluding hydrogens is 268 g/mol. The van der Waals surface area contributed by atoms with Crippen molar-refractivity contribution in [2.24, 2.45) is 5.84 Å². The number of nitrogens with one attached hydrogen (secondary N) is 2. The van der Waals surface area contributed by atoms with Crippen molar-refractivity contribution in [1.29, 1.82) is 0 Å². The number of aromatic nitrogens is 2. The third-order valence-corrected chi connectivity index (χ3v) is 3.25. The van der Waals surface area contributed by atoms with Crippen molar-refractivity contribution in [1.82, 2.24) is 15.4 Å². The van der Waals surface area contributed by atoms with E-state index in [0.29, 0.717) is 28.0 Å². The van der Waals surface area contributed by atoms with Crippen LogP contribution in [-0.4, -0.2) is 15.9 Å². The number of aryl methyl sites for hydroxylation is 1. The molecule has 100 valence electrons. The van der Waals surface area contributed by atoms with Gasteiger partial charge in [0.15, 0.2) is 5.16 Å². The maximum Gasteiger partial charge on any atom is 0.268 e. The normalized spacial score (nSPS) is 10.4. The highest BCUT2D eigenvalue weighted by molar-refractivity contribution is 7.98. The Labute approximate surface area is 112 Å². The molecule has 0 aliphatic carbocycles. The van der Waals surface area contributed by atoms with Crippen LogP contribution in [0.15, 0.2) is 32.7 Å². The fraction of sp³-hybridized carbons (Fsp3) is 0.182. The third kappa shape index (κ3) is 3.24. The summed E-state index contributed by atoms with van der Waals surface area (Å²) in [7, 11) is 0. The topological polar surface area (TPSA) is 114 Å². The lowest BCUT2D eigenvalue weighted by molar-refractivity contribution is 0.0952. The number of nitrogens with zero attached hydrogens (tertiary/aromatic N) is 1. The zero-order valence-electron chi connectivity index (χ0n) is 10.1. The molecule has 19 heavy (non-hydrogen) atoms. The summed E-state index contributed by atoms with van der Waals surface area (Å²) in [5.41, 5.74) is 2.24.